The van der Waals surface area contributed by atoms with Crippen molar-refractivity contribution >= 4 is 24.0 Å². The molecular formula is C22H26F2N6O2. The van der Waals surface area contributed by atoms with E-state index in [2.05, 4.69) is 30.8 Å². The van der Waals surface area contributed by atoms with Gasteiger partial charge in [-0.2, -0.15) is 10.1 Å². The van der Waals surface area contributed by atoms with Crippen LogP contribution in [0, 0.1) is 36.3 Å². The number of fused-ring (bicyclic) bond motifs is 5. The molecule has 10 heteroatoms. The lowest BCUT2D eigenvalue weighted by Crippen LogP contribution is -2.49. The predicted molar refractivity (Wildman–Crippen MR) is 115 cm³/mol. The molecule has 2 aromatic rings. The molecule has 2 bridgehead atoms. The van der Waals surface area contributed by atoms with Gasteiger partial charge in [0, 0.05) is 6.04 Å². The lowest BCUT2D eigenvalue weighted by atomic mass is 9.65. The van der Waals surface area contributed by atoms with Gasteiger partial charge in [0.15, 0.2) is 11.6 Å². The van der Waals surface area contributed by atoms with Crippen molar-refractivity contribution in [1.82, 2.24) is 15.0 Å². The number of aliphatic carboxylic acids is 1. The number of carboxylic acid groups (broad SMARTS) is 1. The van der Waals surface area contributed by atoms with Crippen molar-refractivity contribution in [3.8, 4) is 0 Å². The van der Waals surface area contributed by atoms with Crippen molar-refractivity contribution in [2.24, 2.45) is 22.9 Å². The molecule has 3 saturated carbocycles. The minimum absolute atomic E-state index is 0.0451. The highest BCUT2D eigenvalue weighted by Crippen LogP contribution is 2.43. The topological polar surface area (TPSA) is 112 Å². The molecule has 3 fully saturated rings. The molecule has 2 aromatic heterocycles. The summed E-state index contributed by atoms with van der Waals surface area (Å²) in [4.78, 5) is 24.1. The predicted octanol–water partition coefficient (Wildman–Crippen LogP) is 3.99. The first-order chi connectivity index (χ1) is 15.4. The third-order valence-corrected chi connectivity index (χ3v) is 6.48. The minimum Gasteiger partial charge on any atom is -0.481 e. The number of carboxylic acids is 1. The van der Waals surface area contributed by atoms with Crippen LogP contribution in [0.25, 0.3) is 0 Å². The van der Waals surface area contributed by atoms with E-state index in [1.54, 1.807) is 6.92 Å². The Morgan fingerprint density at radius 1 is 1.16 bits per heavy atom. The fourth-order valence-corrected chi connectivity index (χ4v) is 4.91. The summed E-state index contributed by atoms with van der Waals surface area (Å²) < 4.78 is 27.7. The molecule has 4 atom stereocenters. The summed E-state index contributed by atoms with van der Waals surface area (Å²) in [6, 6.07) is 0.949. The van der Waals surface area contributed by atoms with E-state index in [9.17, 15) is 18.7 Å². The average Bonchev–Trinajstić information content (AvgIpc) is 2.72. The smallest absolute Gasteiger partial charge is 0.308 e. The Kier molecular flexibility index (Phi) is 6.57. The molecule has 170 valence electrons. The van der Waals surface area contributed by atoms with E-state index in [-0.39, 0.29) is 23.6 Å². The highest BCUT2D eigenvalue weighted by atomic mass is 19.1. The minimum atomic E-state index is -0.848. The van der Waals surface area contributed by atoms with Gasteiger partial charge in [-0.05, 0) is 56.1 Å². The molecule has 3 aliphatic rings. The maximum absolute atomic E-state index is 14.5. The van der Waals surface area contributed by atoms with Gasteiger partial charge in [-0.3, -0.25) is 9.78 Å². The van der Waals surface area contributed by atoms with Crippen LogP contribution in [0.15, 0.2) is 23.6 Å². The largest absolute Gasteiger partial charge is 0.481 e. The zero-order valence-electron chi connectivity index (χ0n) is 17.8. The summed E-state index contributed by atoms with van der Waals surface area (Å²) in [5, 5.41) is 17.0. The maximum Gasteiger partial charge on any atom is 0.308 e. The third kappa shape index (κ3) is 4.84. The molecule has 0 radical (unpaired) electrons. The van der Waals surface area contributed by atoms with E-state index in [1.165, 1.54) is 12.3 Å². The van der Waals surface area contributed by atoms with Gasteiger partial charge in [0.1, 0.15) is 5.82 Å². The quantitative estimate of drug-likeness (QED) is 0.456. The summed E-state index contributed by atoms with van der Waals surface area (Å²) in [6.07, 6.45) is 9.21. The van der Waals surface area contributed by atoms with E-state index < -0.39 is 29.6 Å². The van der Waals surface area contributed by atoms with E-state index in [4.69, 9.17) is 0 Å². The standard InChI is InChI=1S/C22H26F2N6O2/c1-12-8-15(23)9-25-17(12)11-27-30-22-26-10-16(24)20(29-22)28-19-14-5-3-2-4-13(6-7-14)18(19)21(31)32/h8-11,13-14,18-19H,2-7H2,1H3,(H,31,32)(H2,26,28,29,30)/b27-11-/t13?,14?,18-,19?/m0/s1. The van der Waals surface area contributed by atoms with Crippen molar-refractivity contribution in [3.05, 3.63) is 41.4 Å². The third-order valence-electron chi connectivity index (χ3n) is 6.48. The second kappa shape index (κ2) is 9.54. The van der Waals surface area contributed by atoms with Crippen molar-refractivity contribution in [1.29, 1.82) is 0 Å². The number of nitrogens with zero attached hydrogens (tertiary/aromatic N) is 4. The van der Waals surface area contributed by atoms with E-state index in [1.807, 2.05) is 0 Å². The van der Waals surface area contributed by atoms with Crippen LogP contribution in [0.5, 0.6) is 0 Å². The second-order valence-electron chi connectivity index (χ2n) is 8.53. The molecule has 3 N–H and O–H groups in total. The molecule has 32 heavy (non-hydrogen) atoms. The van der Waals surface area contributed by atoms with E-state index in [0.717, 1.165) is 50.9 Å². The normalized spacial score (nSPS) is 25.3. The van der Waals surface area contributed by atoms with Crippen molar-refractivity contribution in [2.45, 2.75) is 51.5 Å². The highest BCUT2D eigenvalue weighted by Gasteiger charge is 2.44. The van der Waals surface area contributed by atoms with Crippen LogP contribution in [0.1, 0.15) is 49.8 Å². The zero-order valence-corrected chi connectivity index (χ0v) is 17.8. The molecule has 0 saturated heterocycles. The number of hydrogen-bond donors (Lipinski definition) is 3. The molecular weight excluding hydrogens is 418 g/mol. The van der Waals surface area contributed by atoms with Gasteiger partial charge in [-0.15, -0.1) is 0 Å². The Balaban J connectivity index is 1.52. The Hall–Kier alpha value is -3.17. The summed E-state index contributed by atoms with van der Waals surface area (Å²) in [5.74, 6) is -2.28. The fourth-order valence-electron chi connectivity index (χ4n) is 4.91. The lowest BCUT2D eigenvalue weighted by molar-refractivity contribution is -0.146. The second-order valence-corrected chi connectivity index (χ2v) is 8.53. The van der Waals surface area contributed by atoms with Gasteiger partial charge in [0.05, 0.1) is 30.2 Å². The molecule has 8 nitrogen and oxygen atoms in total. The Morgan fingerprint density at radius 2 is 1.91 bits per heavy atom. The van der Waals surface area contributed by atoms with Crippen LogP contribution in [-0.4, -0.2) is 38.3 Å². The molecule has 0 aromatic carbocycles. The molecule has 2 heterocycles. The van der Waals surface area contributed by atoms with Crippen LogP contribution in [0.3, 0.4) is 0 Å². The van der Waals surface area contributed by atoms with Crippen LogP contribution in [0.2, 0.25) is 0 Å². The number of aromatic nitrogens is 3. The highest BCUT2D eigenvalue weighted by molar-refractivity contribution is 5.79. The summed E-state index contributed by atoms with van der Waals surface area (Å²) in [5.41, 5.74) is 3.70. The first kappa shape index (κ1) is 22.0. The van der Waals surface area contributed by atoms with Gasteiger partial charge in [-0.25, -0.2) is 19.2 Å². The number of anilines is 2. The molecule has 0 amide bonds. The van der Waals surface area contributed by atoms with Crippen LogP contribution in [-0.2, 0) is 4.79 Å². The molecule has 0 aliphatic heterocycles. The number of rotatable bonds is 6. The number of aryl methyl sites for hydroxylation is 1. The molecule has 5 rings (SSSR count). The zero-order chi connectivity index (χ0) is 22.7. The summed E-state index contributed by atoms with van der Waals surface area (Å²) in [6.45, 7) is 1.70. The number of carbonyl (C=O) groups is 1. The number of hydrogen-bond acceptors (Lipinski definition) is 7. The fraction of sp³-hybridized carbons (Fsp3) is 0.500. The van der Waals surface area contributed by atoms with Crippen molar-refractivity contribution < 1.29 is 18.7 Å². The Labute approximate surface area is 184 Å². The van der Waals surface area contributed by atoms with Crippen LogP contribution < -0.4 is 10.7 Å². The van der Waals surface area contributed by atoms with Gasteiger partial charge in [0.25, 0.3) is 0 Å². The maximum atomic E-state index is 14.5. The van der Waals surface area contributed by atoms with Crippen molar-refractivity contribution in [2.75, 3.05) is 10.7 Å². The van der Waals surface area contributed by atoms with Gasteiger partial charge < -0.3 is 10.4 Å². The number of hydrazone groups is 1. The van der Waals surface area contributed by atoms with E-state index in [0.29, 0.717) is 11.3 Å². The lowest BCUT2D eigenvalue weighted by Gasteiger charge is -2.43. The average molecular weight is 444 g/mol. The molecule has 3 unspecified atom stereocenters. The van der Waals surface area contributed by atoms with E-state index >= 15 is 0 Å². The molecule has 3 aliphatic carbocycles. The first-order valence-corrected chi connectivity index (χ1v) is 10.9. The number of pyridine rings is 1. The SMILES string of the molecule is Cc1cc(F)cnc1/C=N\Nc1ncc(F)c(NC2C3CCCCC(CC3)[C@@H]2C(=O)O)n1. The van der Waals surface area contributed by atoms with Crippen LogP contribution in [0.4, 0.5) is 20.5 Å². The van der Waals surface area contributed by atoms with Crippen LogP contribution >= 0.6 is 0 Å². The van der Waals surface area contributed by atoms with Crippen molar-refractivity contribution in [3.63, 3.8) is 0 Å². The monoisotopic (exact) mass is 444 g/mol. The Bertz CT molecular complexity index is 1010. The van der Waals surface area contributed by atoms with Gasteiger partial charge >= 0.3 is 5.97 Å². The Morgan fingerprint density at radius 3 is 2.66 bits per heavy atom. The molecule has 0 spiro atoms. The summed E-state index contributed by atoms with van der Waals surface area (Å²) >= 11 is 0. The van der Waals surface area contributed by atoms with Gasteiger partial charge in [0.2, 0.25) is 5.95 Å². The summed E-state index contributed by atoms with van der Waals surface area (Å²) in [7, 11) is 0. The number of nitrogens with one attached hydrogen (secondary N) is 2. The van der Waals surface area contributed by atoms with Gasteiger partial charge in [-0.1, -0.05) is 12.8 Å². The first-order valence-electron chi connectivity index (χ1n) is 10.9. The number of halogens is 2.